The molecule has 0 unspecified atom stereocenters. The lowest BCUT2D eigenvalue weighted by Crippen LogP contribution is -2.09. The van der Waals surface area contributed by atoms with Crippen LogP contribution in [0, 0.1) is 0 Å². The van der Waals surface area contributed by atoms with Crippen molar-refractivity contribution in [3.8, 4) is 0 Å². The van der Waals surface area contributed by atoms with E-state index < -0.39 is 0 Å². The number of rotatable bonds is 2. The standard InChI is InChI=1S/C11H12N2S2.ClH/c1-2-4-10-9(3-1)13-11(15-10)14-8-5-6-12-7-8;/h1-4,8,12H,5-7H2;1H/t8-;/m0./s1. The fourth-order valence-corrected chi connectivity index (χ4v) is 4.21. The smallest absolute Gasteiger partial charge is 0.151 e. The third-order valence-electron chi connectivity index (χ3n) is 2.56. The maximum atomic E-state index is 4.63. The molecule has 5 heteroatoms. The Labute approximate surface area is 109 Å². The van der Waals surface area contributed by atoms with E-state index in [0.29, 0.717) is 5.25 Å². The van der Waals surface area contributed by atoms with Crippen molar-refractivity contribution in [1.82, 2.24) is 10.3 Å². The molecule has 1 aliphatic heterocycles. The summed E-state index contributed by atoms with van der Waals surface area (Å²) in [6.07, 6.45) is 1.26. The summed E-state index contributed by atoms with van der Waals surface area (Å²) in [6.45, 7) is 2.28. The average molecular weight is 273 g/mol. The topological polar surface area (TPSA) is 24.9 Å². The van der Waals surface area contributed by atoms with Gasteiger partial charge in [-0.3, -0.25) is 0 Å². The number of nitrogens with zero attached hydrogens (tertiary/aromatic N) is 1. The molecule has 0 saturated carbocycles. The van der Waals surface area contributed by atoms with Crippen LogP contribution in [0.2, 0.25) is 0 Å². The Kier molecular flexibility index (Phi) is 4.08. The van der Waals surface area contributed by atoms with Crippen molar-refractivity contribution in [3.05, 3.63) is 24.3 Å². The molecule has 0 spiro atoms. The lowest BCUT2D eigenvalue weighted by molar-refractivity contribution is 0.858. The van der Waals surface area contributed by atoms with Gasteiger partial charge in [0.25, 0.3) is 0 Å². The largest absolute Gasteiger partial charge is 0.316 e. The van der Waals surface area contributed by atoms with Crippen LogP contribution in [0.4, 0.5) is 0 Å². The van der Waals surface area contributed by atoms with Crippen LogP contribution in [0.5, 0.6) is 0 Å². The van der Waals surface area contributed by atoms with E-state index in [0.717, 1.165) is 18.6 Å². The van der Waals surface area contributed by atoms with E-state index in [1.54, 1.807) is 0 Å². The molecule has 2 aromatic rings. The van der Waals surface area contributed by atoms with Gasteiger partial charge in [-0.25, -0.2) is 4.98 Å². The van der Waals surface area contributed by atoms with Gasteiger partial charge in [-0.2, -0.15) is 0 Å². The zero-order valence-electron chi connectivity index (χ0n) is 8.68. The summed E-state index contributed by atoms with van der Waals surface area (Å²) in [5.74, 6) is 0. The van der Waals surface area contributed by atoms with Gasteiger partial charge in [-0.15, -0.1) is 23.7 Å². The van der Waals surface area contributed by atoms with Gasteiger partial charge in [-0.05, 0) is 25.1 Å². The number of benzene rings is 1. The minimum absolute atomic E-state index is 0. The highest BCUT2D eigenvalue weighted by Crippen LogP contribution is 2.33. The monoisotopic (exact) mass is 272 g/mol. The van der Waals surface area contributed by atoms with Crippen molar-refractivity contribution in [2.75, 3.05) is 13.1 Å². The highest BCUT2D eigenvalue weighted by molar-refractivity contribution is 8.01. The number of thioether (sulfide) groups is 1. The van der Waals surface area contributed by atoms with Gasteiger partial charge in [0.2, 0.25) is 0 Å². The van der Waals surface area contributed by atoms with Crippen LogP contribution in [-0.4, -0.2) is 23.3 Å². The summed E-state index contributed by atoms with van der Waals surface area (Å²) in [4.78, 5) is 4.63. The molecule has 0 amide bonds. The van der Waals surface area contributed by atoms with E-state index in [9.17, 15) is 0 Å². The van der Waals surface area contributed by atoms with E-state index in [4.69, 9.17) is 0 Å². The first kappa shape index (κ1) is 12.2. The van der Waals surface area contributed by atoms with Crippen molar-refractivity contribution in [1.29, 1.82) is 0 Å². The van der Waals surface area contributed by atoms with E-state index in [1.807, 2.05) is 29.2 Å². The highest BCUT2D eigenvalue weighted by atomic mass is 35.5. The summed E-state index contributed by atoms with van der Waals surface area (Å²) < 4.78 is 2.51. The summed E-state index contributed by atoms with van der Waals surface area (Å²) in [5, 5.41) is 4.10. The van der Waals surface area contributed by atoms with E-state index in [-0.39, 0.29) is 12.4 Å². The second-order valence-corrected chi connectivity index (χ2v) is 6.26. The van der Waals surface area contributed by atoms with Crippen molar-refractivity contribution in [3.63, 3.8) is 0 Å². The number of halogens is 1. The SMILES string of the molecule is Cl.c1ccc2sc(S[C@H]3CCNC3)nc2c1. The maximum absolute atomic E-state index is 4.63. The number of fused-ring (bicyclic) bond motifs is 1. The first-order valence-electron chi connectivity index (χ1n) is 5.15. The number of hydrogen-bond donors (Lipinski definition) is 1. The Balaban J connectivity index is 0.000000963. The molecule has 1 fully saturated rings. The fraction of sp³-hybridized carbons (Fsp3) is 0.364. The first-order chi connectivity index (χ1) is 7.42. The Bertz CT molecular complexity index is 433. The van der Waals surface area contributed by atoms with E-state index in [1.165, 1.54) is 15.5 Å². The fourth-order valence-electron chi connectivity index (χ4n) is 1.77. The van der Waals surface area contributed by atoms with Crippen LogP contribution in [0.15, 0.2) is 28.6 Å². The van der Waals surface area contributed by atoms with Crippen LogP contribution in [-0.2, 0) is 0 Å². The maximum Gasteiger partial charge on any atom is 0.151 e. The van der Waals surface area contributed by atoms with Crippen LogP contribution in [0.1, 0.15) is 6.42 Å². The molecule has 1 saturated heterocycles. The second kappa shape index (κ2) is 5.36. The molecule has 1 atom stereocenters. The van der Waals surface area contributed by atoms with E-state index >= 15 is 0 Å². The van der Waals surface area contributed by atoms with E-state index in [2.05, 4.69) is 28.5 Å². The predicted octanol–water partition coefficient (Wildman–Crippen LogP) is 3.17. The lowest BCUT2D eigenvalue weighted by Gasteiger charge is -2.02. The van der Waals surface area contributed by atoms with Gasteiger partial charge in [-0.1, -0.05) is 23.9 Å². The Morgan fingerprint density at radius 1 is 1.38 bits per heavy atom. The third-order valence-corrected chi connectivity index (χ3v) is 4.96. The Morgan fingerprint density at radius 2 is 2.25 bits per heavy atom. The van der Waals surface area contributed by atoms with Gasteiger partial charge >= 0.3 is 0 Å². The third kappa shape index (κ3) is 2.51. The molecule has 0 radical (unpaired) electrons. The molecule has 1 aromatic heterocycles. The number of thiazole rings is 1. The normalized spacial score (nSPS) is 19.9. The van der Waals surface area contributed by atoms with Crippen molar-refractivity contribution >= 4 is 45.7 Å². The van der Waals surface area contributed by atoms with Crippen LogP contribution in [0.25, 0.3) is 10.2 Å². The predicted molar refractivity (Wildman–Crippen MR) is 74.0 cm³/mol. The quantitative estimate of drug-likeness (QED) is 0.909. The molecule has 3 rings (SSSR count). The summed E-state index contributed by atoms with van der Waals surface area (Å²) in [7, 11) is 0. The number of aromatic nitrogens is 1. The summed E-state index contributed by atoms with van der Waals surface area (Å²) in [6, 6.07) is 8.35. The summed E-state index contributed by atoms with van der Waals surface area (Å²) >= 11 is 3.73. The minimum Gasteiger partial charge on any atom is -0.316 e. The zero-order valence-corrected chi connectivity index (χ0v) is 11.1. The van der Waals surface area contributed by atoms with Gasteiger partial charge in [0, 0.05) is 11.8 Å². The molecule has 1 aromatic carbocycles. The molecule has 16 heavy (non-hydrogen) atoms. The van der Waals surface area contributed by atoms with Crippen LogP contribution in [0.3, 0.4) is 0 Å². The Morgan fingerprint density at radius 3 is 3.00 bits per heavy atom. The van der Waals surface area contributed by atoms with Gasteiger partial charge in [0.15, 0.2) is 4.34 Å². The van der Waals surface area contributed by atoms with Gasteiger partial charge in [0.1, 0.15) is 0 Å². The summed E-state index contributed by atoms with van der Waals surface area (Å²) in [5.41, 5.74) is 1.14. The molecule has 86 valence electrons. The van der Waals surface area contributed by atoms with Crippen molar-refractivity contribution in [2.24, 2.45) is 0 Å². The first-order valence-corrected chi connectivity index (χ1v) is 6.84. The van der Waals surface area contributed by atoms with Gasteiger partial charge in [0.05, 0.1) is 10.2 Å². The van der Waals surface area contributed by atoms with Crippen LogP contribution < -0.4 is 5.32 Å². The molecule has 1 N–H and O–H groups in total. The molecule has 0 bridgehead atoms. The number of nitrogens with one attached hydrogen (secondary N) is 1. The van der Waals surface area contributed by atoms with Crippen LogP contribution >= 0.6 is 35.5 Å². The Hall–Kier alpha value is -0.290. The molecular formula is C11H13ClN2S2. The number of para-hydroxylation sites is 1. The molecular weight excluding hydrogens is 260 g/mol. The molecule has 0 aliphatic carbocycles. The zero-order chi connectivity index (χ0) is 10.1. The highest BCUT2D eigenvalue weighted by Gasteiger charge is 2.17. The minimum atomic E-state index is 0. The number of hydrogen-bond acceptors (Lipinski definition) is 4. The lowest BCUT2D eigenvalue weighted by atomic mass is 10.3. The second-order valence-electron chi connectivity index (χ2n) is 3.68. The molecule has 1 aliphatic rings. The van der Waals surface area contributed by atoms with Gasteiger partial charge < -0.3 is 5.32 Å². The average Bonchev–Trinajstić information content (AvgIpc) is 2.86. The van der Waals surface area contributed by atoms with Crippen molar-refractivity contribution in [2.45, 2.75) is 16.0 Å². The van der Waals surface area contributed by atoms with Crippen molar-refractivity contribution < 1.29 is 0 Å². The molecule has 2 heterocycles. The molecule has 2 nitrogen and oxygen atoms in total.